The molecule has 0 radical (unpaired) electrons. The average molecular weight is 320 g/mol. The molecule has 130 valence electrons. The fourth-order valence-electron chi connectivity index (χ4n) is 3.29. The molecule has 1 aromatic rings. The predicted molar refractivity (Wildman–Crippen MR) is 94.5 cm³/mol. The molecule has 1 fully saturated rings. The maximum atomic E-state index is 5.58. The standard InChI is InChI=1S/C18H32N4O/c1-12(2)16-8-6-15(7-9-16)10-20-18(19-5)21-11-17-22-13(3)14(4)23-17/h12,15-16H,6-11H2,1-5H3,(H2,19,20,21). The van der Waals surface area contributed by atoms with Gasteiger partial charge in [0.2, 0.25) is 5.89 Å². The summed E-state index contributed by atoms with van der Waals surface area (Å²) in [7, 11) is 1.80. The number of hydrogen-bond donors (Lipinski definition) is 2. The van der Waals surface area contributed by atoms with Crippen molar-refractivity contribution in [3.63, 3.8) is 0 Å². The first-order chi connectivity index (χ1) is 11.0. The minimum absolute atomic E-state index is 0.564. The molecule has 1 saturated carbocycles. The lowest BCUT2D eigenvalue weighted by atomic mass is 9.77. The van der Waals surface area contributed by atoms with Crippen LogP contribution in [0.2, 0.25) is 0 Å². The molecule has 0 bridgehead atoms. The van der Waals surface area contributed by atoms with E-state index in [1.807, 2.05) is 13.8 Å². The summed E-state index contributed by atoms with van der Waals surface area (Å²) < 4.78 is 5.58. The molecule has 2 rings (SSSR count). The second-order valence-electron chi connectivity index (χ2n) is 7.08. The molecule has 0 amide bonds. The van der Waals surface area contributed by atoms with Crippen molar-refractivity contribution >= 4 is 5.96 Å². The van der Waals surface area contributed by atoms with E-state index in [0.29, 0.717) is 12.4 Å². The van der Waals surface area contributed by atoms with Gasteiger partial charge in [-0.25, -0.2) is 4.98 Å². The molecule has 0 spiro atoms. The van der Waals surface area contributed by atoms with Crippen molar-refractivity contribution in [3.8, 4) is 0 Å². The Morgan fingerprint density at radius 2 is 1.91 bits per heavy atom. The Kier molecular flexibility index (Phi) is 6.48. The maximum absolute atomic E-state index is 5.58. The van der Waals surface area contributed by atoms with E-state index < -0.39 is 0 Å². The molecule has 1 aromatic heterocycles. The number of aromatic nitrogens is 1. The van der Waals surface area contributed by atoms with Crippen LogP contribution < -0.4 is 10.6 Å². The molecule has 5 heteroatoms. The van der Waals surface area contributed by atoms with Crippen LogP contribution in [0.1, 0.15) is 56.9 Å². The average Bonchev–Trinajstić information content (AvgIpc) is 2.86. The predicted octanol–water partition coefficient (Wildman–Crippen LogP) is 3.42. The van der Waals surface area contributed by atoms with E-state index in [1.54, 1.807) is 7.05 Å². The maximum Gasteiger partial charge on any atom is 0.214 e. The van der Waals surface area contributed by atoms with Gasteiger partial charge in [-0.2, -0.15) is 0 Å². The highest BCUT2D eigenvalue weighted by molar-refractivity contribution is 5.79. The second-order valence-corrected chi connectivity index (χ2v) is 7.08. The smallest absolute Gasteiger partial charge is 0.214 e. The Morgan fingerprint density at radius 3 is 2.43 bits per heavy atom. The van der Waals surface area contributed by atoms with Crippen molar-refractivity contribution in [2.45, 2.75) is 59.9 Å². The third-order valence-electron chi connectivity index (χ3n) is 5.10. The van der Waals surface area contributed by atoms with Crippen LogP contribution >= 0.6 is 0 Å². The normalized spacial score (nSPS) is 22.4. The third kappa shape index (κ3) is 5.26. The molecular formula is C18H32N4O. The number of nitrogens with zero attached hydrogens (tertiary/aromatic N) is 2. The number of hydrogen-bond acceptors (Lipinski definition) is 3. The molecule has 1 heterocycles. The van der Waals surface area contributed by atoms with Gasteiger partial charge in [-0.15, -0.1) is 0 Å². The van der Waals surface area contributed by atoms with E-state index in [1.165, 1.54) is 25.7 Å². The van der Waals surface area contributed by atoms with Gasteiger partial charge in [0.15, 0.2) is 5.96 Å². The summed E-state index contributed by atoms with van der Waals surface area (Å²) in [4.78, 5) is 8.66. The van der Waals surface area contributed by atoms with Gasteiger partial charge in [0.05, 0.1) is 12.2 Å². The van der Waals surface area contributed by atoms with Crippen LogP contribution in [0.5, 0.6) is 0 Å². The molecule has 0 saturated heterocycles. The summed E-state index contributed by atoms with van der Waals surface area (Å²) in [6.07, 6.45) is 5.38. The van der Waals surface area contributed by atoms with Gasteiger partial charge in [0, 0.05) is 13.6 Å². The summed E-state index contributed by atoms with van der Waals surface area (Å²) >= 11 is 0. The van der Waals surface area contributed by atoms with Gasteiger partial charge in [-0.3, -0.25) is 4.99 Å². The van der Waals surface area contributed by atoms with E-state index in [2.05, 4.69) is 34.5 Å². The minimum Gasteiger partial charge on any atom is -0.444 e. The molecule has 23 heavy (non-hydrogen) atoms. The van der Waals surface area contributed by atoms with Crippen LogP contribution in [-0.4, -0.2) is 24.5 Å². The number of guanidine groups is 1. The lowest BCUT2D eigenvalue weighted by Gasteiger charge is -2.31. The zero-order valence-electron chi connectivity index (χ0n) is 15.3. The number of aryl methyl sites for hydroxylation is 2. The van der Waals surface area contributed by atoms with E-state index in [0.717, 1.165) is 41.7 Å². The Morgan fingerprint density at radius 1 is 1.22 bits per heavy atom. The highest BCUT2D eigenvalue weighted by Crippen LogP contribution is 2.32. The van der Waals surface area contributed by atoms with Crippen LogP contribution in [0, 0.1) is 31.6 Å². The second kappa shape index (κ2) is 8.37. The van der Waals surface area contributed by atoms with Crippen molar-refractivity contribution in [2.75, 3.05) is 13.6 Å². The largest absolute Gasteiger partial charge is 0.444 e. The zero-order valence-corrected chi connectivity index (χ0v) is 15.3. The minimum atomic E-state index is 0.564. The van der Waals surface area contributed by atoms with Gasteiger partial charge < -0.3 is 15.1 Å². The van der Waals surface area contributed by atoms with E-state index >= 15 is 0 Å². The zero-order chi connectivity index (χ0) is 16.8. The summed E-state index contributed by atoms with van der Waals surface area (Å²) in [6.45, 7) is 10.2. The number of aliphatic imine (C=N–C) groups is 1. The number of rotatable bonds is 5. The fourth-order valence-corrected chi connectivity index (χ4v) is 3.29. The van der Waals surface area contributed by atoms with Crippen LogP contribution in [0.4, 0.5) is 0 Å². The molecule has 1 aliphatic carbocycles. The Hall–Kier alpha value is -1.52. The molecule has 2 N–H and O–H groups in total. The summed E-state index contributed by atoms with van der Waals surface area (Å²) in [5, 5.41) is 6.72. The van der Waals surface area contributed by atoms with Crippen molar-refractivity contribution in [1.29, 1.82) is 0 Å². The number of oxazole rings is 1. The Labute approximate surface area is 140 Å². The SMILES string of the molecule is CN=C(NCc1nc(C)c(C)o1)NCC1CCC(C(C)C)CC1. The van der Waals surface area contributed by atoms with Gasteiger partial charge in [0.1, 0.15) is 5.76 Å². The summed E-state index contributed by atoms with van der Waals surface area (Å²) in [5.41, 5.74) is 0.951. The lowest BCUT2D eigenvalue weighted by molar-refractivity contribution is 0.224. The topological polar surface area (TPSA) is 62.5 Å². The monoisotopic (exact) mass is 320 g/mol. The third-order valence-corrected chi connectivity index (χ3v) is 5.10. The highest BCUT2D eigenvalue weighted by Gasteiger charge is 2.23. The van der Waals surface area contributed by atoms with Crippen molar-refractivity contribution < 1.29 is 4.42 Å². The molecular weight excluding hydrogens is 288 g/mol. The van der Waals surface area contributed by atoms with Gasteiger partial charge in [0.25, 0.3) is 0 Å². The Balaban J connectivity index is 1.71. The highest BCUT2D eigenvalue weighted by atomic mass is 16.4. The van der Waals surface area contributed by atoms with Gasteiger partial charge in [-0.1, -0.05) is 13.8 Å². The van der Waals surface area contributed by atoms with Crippen LogP contribution in [0.25, 0.3) is 0 Å². The lowest BCUT2D eigenvalue weighted by Crippen LogP contribution is -2.40. The first-order valence-corrected chi connectivity index (χ1v) is 8.87. The molecule has 5 nitrogen and oxygen atoms in total. The summed E-state index contributed by atoms with van der Waals surface area (Å²) in [6, 6.07) is 0. The first kappa shape index (κ1) is 17.8. The van der Waals surface area contributed by atoms with Crippen molar-refractivity contribution in [1.82, 2.24) is 15.6 Å². The molecule has 1 aliphatic rings. The van der Waals surface area contributed by atoms with Gasteiger partial charge in [-0.05, 0) is 57.3 Å². The van der Waals surface area contributed by atoms with E-state index in [-0.39, 0.29) is 0 Å². The molecule has 0 aliphatic heterocycles. The molecule has 0 atom stereocenters. The van der Waals surface area contributed by atoms with Crippen LogP contribution in [-0.2, 0) is 6.54 Å². The first-order valence-electron chi connectivity index (χ1n) is 8.87. The van der Waals surface area contributed by atoms with Crippen molar-refractivity contribution in [3.05, 3.63) is 17.3 Å². The molecule has 0 aromatic carbocycles. The molecule has 0 unspecified atom stereocenters. The quantitative estimate of drug-likeness (QED) is 0.644. The fraction of sp³-hybridized carbons (Fsp3) is 0.778. The Bertz CT molecular complexity index is 494. The summed E-state index contributed by atoms with van der Waals surface area (Å²) in [5.74, 6) is 4.91. The van der Waals surface area contributed by atoms with Gasteiger partial charge >= 0.3 is 0 Å². The number of nitrogens with one attached hydrogen (secondary N) is 2. The van der Waals surface area contributed by atoms with Crippen molar-refractivity contribution in [2.24, 2.45) is 22.7 Å². The van der Waals surface area contributed by atoms with Crippen LogP contribution in [0.15, 0.2) is 9.41 Å². The van der Waals surface area contributed by atoms with E-state index in [9.17, 15) is 0 Å². The van der Waals surface area contributed by atoms with Crippen LogP contribution in [0.3, 0.4) is 0 Å². The van der Waals surface area contributed by atoms with E-state index in [4.69, 9.17) is 4.42 Å².